The third-order valence-electron chi connectivity index (χ3n) is 3.53. The number of carbonyl (C=O) groups is 2. The molecule has 1 aliphatic rings. The number of anilines is 1. The van der Waals surface area contributed by atoms with Crippen LogP contribution in [0.5, 0.6) is 0 Å². The highest BCUT2D eigenvalue weighted by Gasteiger charge is 2.33. The number of hydrogen-bond donors (Lipinski definition) is 4. The molecule has 1 aromatic rings. The second-order valence-corrected chi connectivity index (χ2v) is 4.66. The maximum Gasteiger partial charge on any atom is 0.246 e. The molecule has 2 rings (SSSR count). The van der Waals surface area contributed by atoms with Crippen LogP contribution in [0.2, 0.25) is 0 Å². The van der Waals surface area contributed by atoms with Gasteiger partial charge in [0.05, 0.1) is 11.6 Å². The molecule has 0 saturated heterocycles. The van der Waals surface area contributed by atoms with Crippen molar-refractivity contribution in [3.05, 3.63) is 29.8 Å². The summed E-state index contributed by atoms with van der Waals surface area (Å²) in [6.07, 6.45) is 3.54. The van der Waals surface area contributed by atoms with Crippen LogP contribution in [0.25, 0.3) is 0 Å². The summed E-state index contributed by atoms with van der Waals surface area (Å²) >= 11 is 0. The highest BCUT2D eigenvalue weighted by atomic mass is 16.5. The Bertz CT molecular complexity index is 460. The van der Waals surface area contributed by atoms with Crippen LogP contribution in [-0.4, -0.2) is 17.5 Å². The van der Waals surface area contributed by atoms with Gasteiger partial charge in [0.2, 0.25) is 12.3 Å². The van der Waals surface area contributed by atoms with Gasteiger partial charge < -0.3 is 0 Å². The average molecular weight is 263 g/mol. The van der Waals surface area contributed by atoms with Crippen LogP contribution in [0.15, 0.2) is 24.3 Å². The normalized spacial score (nSPS) is 16.1. The molecule has 6 heteroatoms. The van der Waals surface area contributed by atoms with Gasteiger partial charge in [-0.3, -0.25) is 31.1 Å². The first-order valence-corrected chi connectivity index (χ1v) is 6.25. The van der Waals surface area contributed by atoms with Gasteiger partial charge in [0, 0.05) is 0 Å². The van der Waals surface area contributed by atoms with Crippen molar-refractivity contribution in [3.8, 4) is 0 Å². The van der Waals surface area contributed by atoms with Crippen LogP contribution in [-0.2, 0) is 9.59 Å². The smallest absolute Gasteiger partial charge is 0.246 e. The molecule has 0 spiro atoms. The Labute approximate surface area is 111 Å². The van der Waals surface area contributed by atoms with E-state index < -0.39 is 0 Å². The van der Waals surface area contributed by atoms with Gasteiger partial charge in [0.15, 0.2) is 0 Å². The van der Waals surface area contributed by atoms with Crippen molar-refractivity contribution in [3.63, 3.8) is 0 Å². The molecule has 0 heterocycles. The van der Waals surface area contributed by atoms with Gasteiger partial charge in [0.25, 0.3) is 0 Å². The summed E-state index contributed by atoms with van der Waals surface area (Å²) < 4.78 is 0. The Hall–Kier alpha value is -2.08. The van der Waals surface area contributed by atoms with Crippen molar-refractivity contribution in [1.29, 1.82) is 0 Å². The molecule has 0 bridgehead atoms. The number of amides is 2. The molecule has 0 aliphatic heterocycles. The number of rotatable bonds is 6. The van der Waals surface area contributed by atoms with E-state index in [-0.39, 0.29) is 17.7 Å². The molecule has 1 aliphatic carbocycles. The summed E-state index contributed by atoms with van der Waals surface area (Å²) in [5.74, 6) is -0.260. The Morgan fingerprint density at radius 3 is 2.79 bits per heavy atom. The summed E-state index contributed by atoms with van der Waals surface area (Å²) in [5.41, 5.74) is 8.01. The first-order valence-electron chi connectivity index (χ1n) is 6.25. The zero-order chi connectivity index (χ0) is 13.7. The van der Waals surface area contributed by atoms with E-state index in [4.69, 9.17) is 5.21 Å². The van der Waals surface area contributed by atoms with Gasteiger partial charge in [-0.05, 0) is 36.5 Å². The monoisotopic (exact) mass is 263 g/mol. The molecule has 0 aromatic heterocycles. The largest absolute Gasteiger partial charge is 0.291 e. The predicted octanol–water partition coefficient (Wildman–Crippen LogP) is 1.15. The van der Waals surface area contributed by atoms with Crippen molar-refractivity contribution >= 4 is 18.0 Å². The van der Waals surface area contributed by atoms with E-state index in [2.05, 4.69) is 16.3 Å². The molecule has 1 atom stereocenters. The Balaban J connectivity index is 2.20. The lowest BCUT2D eigenvalue weighted by Crippen LogP contribution is -2.42. The van der Waals surface area contributed by atoms with Crippen LogP contribution >= 0.6 is 0 Å². The number of carbonyl (C=O) groups excluding carboxylic acids is 2. The molecule has 19 heavy (non-hydrogen) atoms. The van der Waals surface area contributed by atoms with Crippen LogP contribution < -0.4 is 16.3 Å². The van der Waals surface area contributed by atoms with Gasteiger partial charge in [-0.25, -0.2) is 0 Å². The SMILES string of the molecule is O=CNNC(=O)C(c1cccc(NO)c1)C1CCC1. The van der Waals surface area contributed by atoms with E-state index >= 15 is 0 Å². The molecule has 1 aromatic carbocycles. The zero-order valence-corrected chi connectivity index (χ0v) is 10.4. The maximum atomic E-state index is 12.1. The van der Waals surface area contributed by atoms with Crippen LogP contribution in [0.1, 0.15) is 30.7 Å². The summed E-state index contributed by atoms with van der Waals surface area (Å²) in [4.78, 5) is 22.4. The Morgan fingerprint density at radius 2 is 2.21 bits per heavy atom. The number of hydrogen-bond acceptors (Lipinski definition) is 4. The molecular weight excluding hydrogens is 246 g/mol. The molecular formula is C13H17N3O3. The zero-order valence-electron chi connectivity index (χ0n) is 10.4. The van der Waals surface area contributed by atoms with E-state index in [1.54, 1.807) is 18.2 Å². The highest BCUT2D eigenvalue weighted by Crippen LogP contribution is 2.39. The Morgan fingerprint density at radius 1 is 1.42 bits per heavy atom. The lowest BCUT2D eigenvalue weighted by molar-refractivity contribution is -0.127. The van der Waals surface area contributed by atoms with E-state index in [9.17, 15) is 9.59 Å². The quantitative estimate of drug-likeness (QED) is 0.458. The van der Waals surface area contributed by atoms with E-state index in [1.807, 2.05) is 6.07 Å². The highest BCUT2D eigenvalue weighted by molar-refractivity contribution is 5.84. The molecule has 1 unspecified atom stereocenters. The predicted molar refractivity (Wildman–Crippen MR) is 69.3 cm³/mol. The summed E-state index contributed by atoms with van der Waals surface area (Å²) in [6, 6.07) is 7.08. The van der Waals surface area contributed by atoms with Crippen LogP contribution in [0, 0.1) is 5.92 Å². The average Bonchev–Trinajstić information content (AvgIpc) is 2.40. The lowest BCUT2D eigenvalue weighted by Gasteiger charge is -2.33. The fourth-order valence-corrected chi connectivity index (χ4v) is 2.39. The van der Waals surface area contributed by atoms with E-state index in [0.717, 1.165) is 24.8 Å². The fraction of sp³-hybridized carbons (Fsp3) is 0.385. The number of nitrogens with one attached hydrogen (secondary N) is 3. The van der Waals surface area contributed by atoms with E-state index in [1.165, 1.54) is 0 Å². The summed E-state index contributed by atoms with van der Waals surface area (Å²) in [7, 11) is 0. The molecule has 102 valence electrons. The minimum absolute atomic E-state index is 0.230. The molecule has 0 radical (unpaired) electrons. The van der Waals surface area contributed by atoms with Gasteiger partial charge in [-0.1, -0.05) is 18.6 Å². The first kappa shape index (κ1) is 13.4. The topological polar surface area (TPSA) is 90.5 Å². The lowest BCUT2D eigenvalue weighted by atomic mass is 9.72. The number of benzene rings is 1. The minimum atomic E-state index is -0.311. The molecule has 6 nitrogen and oxygen atoms in total. The third kappa shape index (κ3) is 3.03. The fourth-order valence-electron chi connectivity index (χ4n) is 2.39. The van der Waals surface area contributed by atoms with Gasteiger partial charge in [0.1, 0.15) is 0 Å². The second kappa shape index (κ2) is 6.19. The van der Waals surface area contributed by atoms with Crippen molar-refractivity contribution in [2.75, 3.05) is 5.48 Å². The standard InChI is InChI=1S/C13H17N3O3/c17-8-14-15-13(18)12(9-3-1-4-9)10-5-2-6-11(7-10)16-19/h2,5-9,12,16,19H,1,3-4H2,(H,14,17)(H,15,18). The third-order valence-corrected chi connectivity index (χ3v) is 3.53. The van der Waals surface area contributed by atoms with Gasteiger partial charge >= 0.3 is 0 Å². The van der Waals surface area contributed by atoms with Crippen molar-refractivity contribution in [2.45, 2.75) is 25.2 Å². The molecule has 2 amide bonds. The molecule has 1 saturated carbocycles. The van der Waals surface area contributed by atoms with Crippen molar-refractivity contribution < 1.29 is 14.8 Å². The Kier molecular flexibility index (Phi) is 4.35. The van der Waals surface area contributed by atoms with Gasteiger partial charge in [-0.15, -0.1) is 0 Å². The minimum Gasteiger partial charge on any atom is -0.291 e. The van der Waals surface area contributed by atoms with Crippen LogP contribution in [0.3, 0.4) is 0 Å². The summed E-state index contributed by atoms with van der Waals surface area (Å²) in [6.45, 7) is 0. The van der Waals surface area contributed by atoms with Crippen molar-refractivity contribution in [2.24, 2.45) is 5.92 Å². The van der Waals surface area contributed by atoms with Crippen molar-refractivity contribution in [1.82, 2.24) is 10.9 Å². The van der Waals surface area contributed by atoms with E-state index in [0.29, 0.717) is 12.1 Å². The van der Waals surface area contributed by atoms with Crippen LogP contribution in [0.4, 0.5) is 5.69 Å². The van der Waals surface area contributed by atoms with Gasteiger partial charge in [-0.2, -0.15) is 0 Å². The maximum absolute atomic E-state index is 12.1. The molecule has 1 fully saturated rings. The summed E-state index contributed by atoms with van der Waals surface area (Å²) in [5, 5.41) is 8.92. The number of hydrazine groups is 1. The first-order chi connectivity index (χ1) is 9.26. The molecule has 4 N–H and O–H groups in total. The second-order valence-electron chi connectivity index (χ2n) is 4.66.